The third-order valence-electron chi connectivity index (χ3n) is 14.6. The molecule has 262 valence electrons. The van der Waals surface area contributed by atoms with Crippen LogP contribution in [0.15, 0.2) is 24.3 Å². The van der Waals surface area contributed by atoms with E-state index in [1.54, 1.807) is 6.92 Å². The van der Waals surface area contributed by atoms with Crippen molar-refractivity contribution in [3.63, 3.8) is 0 Å². The molecule has 12 atom stereocenters. The van der Waals surface area contributed by atoms with Crippen molar-refractivity contribution in [1.82, 2.24) is 4.90 Å². The molecule has 0 heterocycles. The molecule has 0 unspecified atom stereocenters. The van der Waals surface area contributed by atoms with Gasteiger partial charge in [0, 0.05) is 31.2 Å². The Hall–Kier alpha value is -2.32. The van der Waals surface area contributed by atoms with E-state index in [9.17, 15) is 24.3 Å². The second-order valence-electron chi connectivity index (χ2n) is 16.4. The van der Waals surface area contributed by atoms with E-state index in [1.165, 1.54) is 6.92 Å². The molecule has 4 fully saturated rings. The number of carbonyl (C=O) groups excluding carboxylic acids is 4. The monoisotopic (exact) mass is 653 g/mol. The number of hydrogen-bond donors (Lipinski definition) is 1. The highest BCUT2D eigenvalue weighted by molar-refractivity contribution is 5.98. The third kappa shape index (κ3) is 5.57. The highest BCUT2D eigenvalue weighted by Gasteiger charge is 2.81. The SMILES string of the molecule is C=C(C(=O)[C@H](O)[C@@H](C)[C@H]1[C@@H](OC(C)=O)C[C@@]2(C)[C@@H]3CC[C@H]4[C@H](C)C(=O)C=C[C@@]45C[C@@]35CC[C@]12C)[C@@H](C)COC(=O)CCN(CC)CC. The molecular formula is C39H59NO7. The minimum Gasteiger partial charge on any atom is -0.465 e. The summed E-state index contributed by atoms with van der Waals surface area (Å²) < 4.78 is 11.6. The van der Waals surface area contributed by atoms with E-state index in [2.05, 4.69) is 52.2 Å². The molecule has 0 amide bonds. The molecule has 0 aromatic rings. The van der Waals surface area contributed by atoms with Gasteiger partial charge in [-0.25, -0.2) is 0 Å². The fraction of sp³-hybridized carbons (Fsp3) is 0.795. The van der Waals surface area contributed by atoms with Gasteiger partial charge in [0.25, 0.3) is 0 Å². The van der Waals surface area contributed by atoms with Crippen LogP contribution >= 0.6 is 0 Å². The number of ether oxygens (including phenoxy) is 2. The minimum absolute atomic E-state index is 0.0310. The smallest absolute Gasteiger partial charge is 0.307 e. The number of rotatable bonds is 13. The highest BCUT2D eigenvalue weighted by Crippen LogP contribution is 2.87. The number of hydrogen-bond acceptors (Lipinski definition) is 8. The van der Waals surface area contributed by atoms with Crippen molar-refractivity contribution in [3.8, 4) is 0 Å². The van der Waals surface area contributed by atoms with Gasteiger partial charge in [0.15, 0.2) is 11.6 Å². The Kier molecular flexibility index (Phi) is 9.84. The summed E-state index contributed by atoms with van der Waals surface area (Å²) in [5, 5.41) is 11.7. The first-order valence-corrected chi connectivity index (χ1v) is 18.2. The number of ketones is 2. The molecule has 0 aromatic carbocycles. The fourth-order valence-corrected chi connectivity index (χ4v) is 11.7. The normalized spacial score (nSPS) is 40.3. The summed E-state index contributed by atoms with van der Waals surface area (Å²) in [4.78, 5) is 53.4. The van der Waals surface area contributed by atoms with Crippen molar-refractivity contribution < 1.29 is 33.8 Å². The van der Waals surface area contributed by atoms with Gasteiger partial charge in [0.1, 0.15) is 12.2 Å². The van der Waals surface area contributed by atoms with Crippen LogP contribution in [-0.4, -0.2) is 72.0 Å². The number of carbonyl (C=O) groups is 4. The van der Waals surface area contributed by atoms with Gasteiger partial charge >= 0.3 is 11.9 Å². The lowest BCUT2D eigenvalue weighted by molar-refractivity contribution is -0.155. The summed E-state index contributed by atoms with van der Waals surface area (Å²) in [6.07, 6.45) is 8.48. The number of nitrogens with zero attached hydrogens (tertiary/aromatic N) is 1. The summed E-state index contributed by atoms with van der Waals surface area (Å²) in [7, 11) is 0. The molecule has 0 saturated heterocycles. The third-order valence-corrected chi connectivity index (χ3v) is 14.6. The summed E-state index contributed by atoms with van der Waals surface area (Å²) in [6, 6.07) is 0. The van der Waals surface area contributed by atoms with Crippen LogP contribution in [0.4, 0.5) is 0 Å². The fourth-order valence-electron chi connectivity index (χ4n) is 11.7. The van der Waals surface area contributed by atoms with Crippen molar-refractivity contribution in [1.29, 1.82) is 0 Å². The lowest BCUT2D eigenvalue weighted by Crippen LogP contribution is -2.56. The number of fused-ring (bicyclic) bond motifs is 2. The molecule has 0 bridgehead atoms. The molecule has 0 aliphatic heterocycles. The lowest BCUT2D eigenvalue weighted by atomic mass is 9.43. The Balaban J connectivity index is 1.32. The van der Waals surface area contributed by atoms with Crippen LogP contribution in [0.5, 0.6) is 0 Å². The standard InChI is InChI=1S/C39H59NO7/c1-10-40(11-2)19-15-32(43)46-21-23(3)24(4)34(44)35(45)26(6)33-30(47-27(7)41)20-37(9)31-13-12-28-25(5)29(42)14-16-38(28)22-39(31,38)18-17-36(33,37)8/h14,16,23,25-26,28,30-31,33,35,45H,4,10-13,15,17-22H2,1-3,5-9H3/t23-,25-,26-,28-,30-,31-,33-,35+,36+,37-,38+,39-/m0/s1. The van der Waals surface area contributed by atoms with Crippen LogP contribution in [0.3, 0.4) is 0 Å². The van der Waals surface area contributed by atoms with E-state index < -0.39 is 29.8 Å². The molecule has 4 saturated carbocycles. The molecule has 5 aliphatic rings. The predicted molar refractivity (Wildman–Crippen MR) is 180 cm³/mol. The maximum absolute atomic E-state index is 13.8. The molecule has 1 N–H and O–H groups in total. The largest absolute Gasteiger partial charge is 0.465 e. The zero-order chi connectivity index (χ0) is 34.7. The summed E-state index contributed by atoms with van der Waals surface area (Å²) in [5.41, 5.74) is 0.0310. The Labute approximate surface area is 282 Å². The van der Waals surface area contributed by atoms with Crippen molar-refractivity contribution >= 4 is 23.5 Å². The molecular weight excluding hydrogens is 594 g/mol. The van der Waals surface area contributed by atoms with Crippen molar-refractivity contribution in [3.05, 3.63) is 24.3 Å². The minimum atomic E-state index is -1.32. The van der Waals surface area contributed by atoms with E-state index in [0.717, 1.165) is 45.2 Å². The molecule has 5 rings (SSSR count). The van der Waals surface area contributed by atoms with E-state index in [1.807, 2.05) is 13.0 Å². The average Bonchev–Trinajstić information content (AvgIpc) is 3.64. The van der Waals surface area contributed by atoms with Crippen molar-refractivity contribution in [2.75, 3.05) is 26.2 Å². The quantitative estimate of drug-likeness (QED) is 0.192. The predicted octanol–water partition coefficient (Wildman–Crippen LogP) is 5.96. The summed E-state index contributed by atoms with van der Waals surface area (Å²) >= 11 is 0. The first-order valence-electron chi connectivity index (χ1n) is 18.2. The zero-order valence-corrected chi connectivity index (χ0v) is 30.1. The van der Waals surface area contributed by atoms with Gasteiger partial charge in [-0.15, -0.1) is 0 Å². The second kappa shape index (κ2) is 12.9. The molecule has 8 nitrogen and oxygen atoms in total. The second-order valence-corrected chi connectivity index (χ2v) is 16.4. The maximum atomic E-state index is 13.8. The van der Waals surface area contributed by atoms with Gasteiger partial charge in [-0.1, -0.05) is 61.1 Å². The van der Waals surface area contributed by atoms with Gasteiger partial charge in [-0.05, 0) is 103 Å². The van der Waals surface area contributed by atoms with Crippen LogP contribution in [0, 0.1) is 57.2 Å². The molecule has 47 heavy (non-hydrogen) atoms. The number of aliphatic hydroxyl groups excluding tert-OH is 1. The molecule has 2 spiro atoms. The lowest BCUT2D eigenvalue weighted by Gasteiger charge is -2.61. The van der Waals surface area contributed by atoms with Gasteiger partial charge in [-0.2, -0.15) is 0 Å². The Morgan fingerprint density at radius 1 is 1.11 bits per heavy atom. The number of aliphatic hydroxyl groups is 1. The van der Waals surface area contributed by atoms with Gasteiger partial charge < -0.3 is 19.5 Å². The van der Waals surface area contributed by atoms with Gasteiger partial charge in [0.2, 0.25) is 0 Å². The first-order chi connectivity index (χ1) is 22.0. The van der Waals surface area contributed by atoms with Crippen LogP contribution < -0.4 is 0 Å². The average molecular weight is 654 g/mol. The van der Waals surface area contributed by atoms with E-state index >= 15 is 0 Å². The maximum Gasteiger partial charge on any atom is 0.307 e. The van der Waals surface area contributed by atoms with Crippen LogP contribution in [0.2, 0.25) is 0 Å². The topological polar surface area (TPSA) is 110 Å². The highest BCUT2D eigenvalue weighted by atomic mass is 16.5. The number of Topliss-reactive ketones (excluding diaryl/α,β-unsaturated/α-hetero) is 1. The Bertz CT molecular complexity index is 1320. The van der Waals surface area contributed by atoms with Gasteiger partial charge in [-0.3, -0.25) is 19.2 Å². The summed E-state index contributed by atoms with van der Waals surface area (Å²) in [5.74, 6) is -1.14. The number of esters is 2. The van der Waals surface area contributed by atoms with E-state index in [4.69, 9.17) is 9.47 Å². The summed E-state index contributed by atoms with van der Waals surface area (Å²) in [6.45, 7) is 22.5. The van der Waals surface area contributed by atoms with E-state index in [0.29, 0.717) is 24.8 Å². The Morgan fingerprint density at radius 3 is 2.43 bits per heavy atom. The van der Waals surface area contributed by atoms with Gasteiger partial charge in [0.05, 0.1) is 13.0 Å². The number of allylic oxidation sites excluding steroid dienone is 2. The zero-order valence-electron chi connectivity index (χ0n) is 30.1. The van der Waals surface area contributed by atoms with Crippen LogP contribution in [-0.2, 0) is 28.7 Å². The molecule has 5 aliphatic carbocycles. The van der Waals surface area contributed by atoms with Crippen LogP contribution in [0.25, 0.3) is 0 Å². The van der Waals surface area contributed by atoms with Crippen molar-refractivity contribution in [2.45, 2.75) is 113 Å². The van der Waals surface area contributed by atoms with Crippen LogP contribution in [0.1, 0.15) is 100 Å². The van der Waals surface area contributed by atoms with Crippen molar-refractivity contribution in [2.24, 2.45) is 57.2 Å². The Morgan fingerprint density at radius 2 is 1.79 bits per heavy atom. The molecule has 8 heteroatoms. The molecule has 0 radical (unpaired) electrons. The first kappa shape index (κ1) is 36.0. The molecule has 0 aromatic heterocycles. The van der Waals surface area contributed by atoms with E-state index in [-0.39, 0.29) is 69.8 Å².